The Balaban J connectivity index is 3.28. The highest BCUT2D eigenvalue weighted by molar-refractivity contribution is 6.35. The first kappa shape index (κ1) is 15.9. The number of urea groups is 1. The molecule has 7 nitrogen and oxygen atoms in total. The lowest BCUT2D eigenvalue weighted by atomic mass is 10.1. The fourth-order valence-electron chi connectivity index (χ4n) is 1.84. The zero-order valence-electron chi connectivity index (χ0n) is 11.4. The second-order valence-electron chi connectivity index (χ2n) is 4.19. The molecular weight excluding hydrogens is 284 g/mol. The fourth-order valence-corrected chi connectivity index (χ4v) is 2.21. The number of nitrogens with two attached hydrogens (primary N) is 1. The molecule has 1 aromatic carbocycles. The predicted molar refractivity (Wildman–Crippen MR) is 77.6 cm³/mol. The van der Waals surface area contributed by atoms with E-state index >= 15 is 0 Å². The number of carbonyl (C=O) groups is 1. The van der Waals surface area contributed by atoms with E-state index in [1.807, 2.05) is 0 Å². The van der Waals surface area contributed by atoms with Gasteiger partial charge in [-0.3, -0.25) is 15.2 Å². The molecule has 0 heterocycles. The van der Waals surface area contributed by atoms with Gasteiger partial charge in [0.1, 0.15) is 5.02 Å². The molecule has 110 valence electrons. The maximum Gasteiger partial charge on any atom is 0.331 e. The van der Waals surface area contributed by atoms with E-state index < -0.39 is 11.8 Å². The Bertz CT molecular complexity index is 562. The standard InChI is InChI=1S/C12H17ClN4O3/c1-4-17(11(14)15)12(20)16(3)9-6(2)5-7(18)10(19)8(9)13/h5,18-19H,4H2,1-3H3,(H3,14,15). The molecule has 0 aliphatic rings. The normalized spacial score (nSPS) is 10.2. The minimum Gasteiger partial charge on any atom is -0.504 e. The summed E-state index contributed by atoms with van der Waals surface area (Å²) >= 11 is 5.96. The first-order valence-electron chi connectivity index (χ1n) is 5.82. The number of hydrogen-bond donors (Lipinski definition) is 4. The summed E-state index contributed by atoms with van der Waals surface area (Å²) in [5, 5.41) is 26.3. The lowest BCUT2D eigenvalue weighted by Gasteiger charge is -2.27. The third-order valence-corrected chi connectivity index (χ3v) is 3.20. The van der Waals surface area contributed by atoms with E-state index in [4.69, 9.17) is 22.7 Å². The van der Waals surface area contributed by atoms with Gasteiger partial charge in [0.2, 0.25) is 0 Å². The van der Waals surface area contributed by atoms with Crippen molar-refractivity contribution in [2.45, 2.75) is 13.8 Å². The van der Waals surface area contributed by atoms with E-state index in [0.717, 1.165) is 4.90 Å². The van der Waals surface area contributed by atoms with Crippen molar-refractivity contribution in [2.75, 3.05) is 18.5 Å². The van der Waals surface area contributed by atoms with E-state index in [2.05, 4.69) is 0 Å². The summed E-state index contributed by atoms with van der Waals surface area (Å²) in [5.74, 6) is -1.25. The van der Waals surface area contributed by atoms with Crippen LogP contribution < -0.4 is 10.6 Å². The van der Waals surface area contributed by atoms with Crippen molar-refractivity contribution in [3.8, 4) is 11.5 Å². The fraction of sp³-hybridized carbons (Fsp3) is 0.333. The second-order valence-corrected chi connectivity index (χ2v) is 4.57. The van der Waals surface area contributed by atoms with Gasteiger partial charge in [-0.15, -0.1) is 0 Å². The summed E-state index contributed by atoms with van der Waals surface area (Å²) in [4.78, 5) is 14.5. The largest absolute Gasteiger partial charge is 0.504 e. The number of aryl methyl sites for hydroxylation is 1. The zero-order valence-corrected chi connectivity index (χ0v) is 12.2. The smallest absolute Gasteiger partial charge is 0.331 e. The highest BCUT2D eigenvalue weighted by atomic mass is 35.5. The van der Waals surface area contributed by atoms with E-state index in [1.54, 1.807) is 13.8 Å². The number of carbonyl (C=O) groups excluding carboxylic acids is 1. The molecule has 0 saturated carbocycles. The third-order valence-electron chi connectivity index (χ3n) is 2.85. The number of benzene rings is 1. The molecule has 5 N–H and O–H groups in total. The van der Waals surface area contributed by atoms with Crippen molar-refractivity contribution in [1.82, 2.24) is 4.90 Å². The topological polar surface area (TPSA) is 114 Å². The van der Waals surface area contributed by atoms with Gasteiger partial charge in [0.25, 0.3) is 0 Å². The number of anilines is 1. The number of amides is 2. The molecule has 1 rings (SSSR count). The number of phenolic OH excluding ortho intramolecular Hbond substituents is 2. The van der Waals surface area contributed by atoms with E-state index in [9.17, 15) is 15.0 Å². The maximum absolute atomic E-state index is 12.2. The summed E-state index contributed by atoms with van der Waals surface area (Å²) in [6.45, 7) is 3.53. The number of phenols is 2. The Morgan fingerprint density at radius 3 is 2.50 bits per heavy atom. The number of halogens is 1. The van der Waals surface area contributed by atoms with Gasteiger partial charge in [0, 0.05) is 13.6 Å². The lowest BCUT2D eigenvalue weighted by molar-refractivity contribution is 0.229. The Hall–Kier alpha value is -2.15. The Morgan fingerprint density at radius 1 is 1.50 bits per heavy atom. The van der Waals surface area contributed by atoms with Gasteiger partial charge in [-0.1, -0.05) is 11.6 Å². The monoisotopic (exact) mass is 300 g/mol. The van der Waals surface area contributed by atoms with Crippen molar-refractivity contribution in [3.63, 3.8) is 0 Å². The number of nitrogens with zero attached hydrogens (tertiary/aromatic N) is 2. The molecule has 0 unspecified atom stereocenters. The molecule has 20 heavy (non-hydrogen) atoms. The zero-order chi connectivity index (χ0) is 15.6. The van der Waals surface area contributed by atoms with Gasteiger partial charge in [0.15, 0.2) is 17.5 Å². The van der Waals surface area contributed by atoms with Crippen LogP contribution in [0.25, 0.3) is 0 Å². The van der Waals surface area contributed by atoms with Crippen LogP contribution in [0.15, 0.2) is 6.07 Å². The molecular formula is C12H17ClN4O3. The van der Waals surface area contributed by atoms with Crippen molar-refractivity contribution < 1.29 is 15.0 Å². The van der Waals surface area contributed by atoms with Gasteiger partial charge >= 0.3 is 6.03 Å². The van der Waals surface area contributed by atoms with E-state index in [0.29, 0.717) is 5.56 Å². The summed E-state index contributed by atoms with van der Waals surface area (Å²) in [7, 11) is 1.44. The Morgan fingerprint density at radius 2 is 2.05 bits per heavy atom. The summed E-state index contributed by atoms with van der Waals surface area (Å²) in [6.07, 6.45) is 0. The molecule has 0 fully saturated rings. The molecule has 0 saturated heterocycles. The molecule has 0 aliphatic heterocycles. The number of nitrogens with one attached hydrogen (secondary N) is 1. The molecule has 0 aliphatic carbocycles. The average molecular weight is 301 g/mol. The summed E-state index contributed by atoms with van der Waals surface area (Å²) in [6, 6.07) is 0.736. The number of guanidine groups is 1. The molecule has 1 aromatic rings. The SMILES string of the molecule is CCN(C(=N)N)C(=O)N(C)c1c(C)cc(O)c(O)c1Cl. The van der Waals surface area contributed by atoms with Crippen LogP contribution in [-0.2, 0) is 0 Å². The molecule has 0 aromatic heterocycles. The number of rotatable bonds is 2. The van der Waals surface area contributed by atoms with Crippen LogP contribution in [0.5, 0.6) is 11.5 Å². The van der Waals surface area contributed by atoms with Gasteiger partial charge in [0.05, 0.1) is 5.69 Å². The summed E-state index contributed by atoms with van der Waals surface area (Å²) < 4.78 is 0. The highest BCUT2D eigenvalue weighted by Gasteiger charge is 2.25. The van der Waals surface area contributed by atoms with Gasteiger partial charge in [-0.25, -0.2) is 4.79 Å². The van der Waals surface area contributed by atoms with E-state index in [1.165, 1.54) is 18.0 Å². The Kier molecular flexibility index (Phi) is 4.67. The van der Waals surface area contributed by atoms with Crippen LogP contribution in [0.1, 0.15) is 12.5 Å². The molecule has 0 spiro atoms. The molecule has 0 bridgehead atoms. The van der Waals surface area contributed by atoms with E-state index in [-0.39, 0.29) is 29.0 Å². The molecule has 2 amide bonds. The molecule has 0 atom stereocenters. The minimum atomic E-state index is -0.560. The Labute approximate surface area is 121 Å². The summed E-state index contributed by atoms with van der Waals surface area (Å²) in [5.41, 5.74) is 6.08. The van der Waals surface area contributed by atoms with Crippen molar-refractivity contribution in [1.29, 1.82) is 5.41 Å². The quantitative estimate of drug-likeness (QED) is 0.379. The van der Waals surface area contributed by atoms with Crippen LogP contribution in [0.4, 0.5) is 10.5 Å². The number of aromatic hydroxyl groups is 2. The minimum absolute atomic E-state index is 0.141. The lowest BCUT2D eigenvalue weighted by Crippen LogP contribution is -2.47. The van der Waals surface area contributed by atoms with Crippen LogP contribution in [0.3, 0.4) is 0 Å². The second kappa shape index (κ2) is 5.87. The first-order chi connectivity index (χ1) is 9.22. The highest BCUT2D eigenvalue weighted by Crippen LogP contribution is 2.42. The van der Waals surface area contributed by atoms with Gasteiger partial charge in [-0.05, 0) is 25.5 Å². The van der Waals surface area contributed by atoms with Crippen molar-refractivity contribution in [2.24, 2.45) is 5.73 Å². The van der Waals surface area contributed by atoms with Gasteiger partial charge < -0.3 is 15.9 Å². The van der Waals surface area contributed by atoms with Crippen LogP contribution >= 0.6 is 11.6 Å². The molecule has 8 heteroatoms. The van der Waals surface area contributed by atoms with Crippen LogP contribution in [0, 0.1) is 12.3 Å². The van der Waals surface area contributed by atoms with Crippen molar-refractivity contribution >= 4 is 29.3 Å². The van der Waals surface area contributed by atoms with Crippen molar-refractivity contribution in [3.05, 3.63) is 16.7 Å². The van der Waals surface area contributed by atoms with Gasteiger partial charge in [-0.2, -0.15) is 0 Å². The average Bonchev–Trinajstić information content (AvgIpc) is 2.36. The van der Waals surface area contributed by atoms with Crippen LogP contribution in [-0.4, -0.2) is 40.7 Å². The molecule has 0 radical (unpaired) electrons. The first-order valence-corrected chi connectivity index (χ1v) is 6.20. The third kappa shape index (κ3) is 2.72. The predicted octanol–water partition coefficient (Wildman–Crippen LogP) is 1.83. The number of hydrogen-bond acceptors (Lipinski definition) is 4. The van der Waals surface area contributed by atoms with Crippen LogP contribution in [0.2, 0.25) is 5.02 Å². The maximum atomic E-state index is 12.2.